The Kier molecular flexibility index (Phi) is 3.65. The van der Waals surface area contributed by atoms with Crippen LogP contribution in [0, 0.1) is 6.92 Å². The third-order valence-electron chi connectivity index (χ3n) is 2.49. The maximum absolute atomic E-state index is 4.22. The van der Waals surface area contributed by atoms with Crippen LogP contribution < -0.4 is 0 Å². The molecule has 16 heavy (non-hydrogen) atoms. The largest absolute Gasteiger partial charge is 0.237 e. The van der Waals surface area contributed by atoms with Crippen LogP contribution in [0.4, 0.5) is 0 Å². The quantitative estimate of drug-likeness (QED) is 0.775. The van der Waals surface area contributed by atoms with Crippen LogP contribution in [0.3, 0.4) is 0 Å². The molecule has 0 spiro atoms. The van der Waals surface area contributed by atoms with Crippen LogP contribution in [-0.2, 0) is 6.42 Å². The highest BCUT2D eigenvalue weighted by Crippen LogP contribution is 2.15. The molecule has 0 N–H and O–H groups in total. The van der Waals surface area contributed by atoms with Crippen molar-refractivity contribution in [2.24, 2.45) is 0 Å². The average Bonchev–Trinajstić information content (AvgIpc) is 2.38. The van der Waals surface area contributed by atoms with Gasteiger partial charge in [-0.3, -0.25) is 0 Å². The molecule has 0 fully saturated rings. The van der Waals surface area contributed by atoms with Gasteiger partial charge in [0.15, 0.2) is 5.82 Å². The lowest BCUT2D eigenvalue weighted by Gasteiger charge is -2.02. The molecule has 1 radical (unpaired) electrons. The molecule has 0 saturated carbocycles. The maximum Gasteiger partial charge on any atom is 0.159 e. The van der Waals surface area contributed by atoms with Gasteiger partial charge in [-0.25, -0.2) is 9.97 Å². The van der Waals surface area contributed by atoms with Crippen molar-refractivity contribution in [1.82, 2.24) is 9.97 Å². The summed E-state index contributed by atoms with van der Waals surface area (Å²) >= 11 is 0. The zero-order chi connectivity index (χ0) is 11.2. The van der Waals surface area contributed by atoms with E-state index in [2.05, 4.69) is 41.2 Å². The smallest absolute Gasteiger partial charge is 0.159 e. The van der Waals surface area contributed by atoms with Crippen LogP contribution in [0.25, 0.3) is 11.4 Å². The minimum Gasteiger partial charge on any atom is -0.237 e. The van der Waals surface area contributed by atoms with Gasteiger partial charge in [0.25, 0.3) is 0 Å². The molecule has 0 aliphatic rings. The number of unbranched alkanes of at least 4 members (excludes halogenated alkanes) is 1. The molecule has 0 aliphatic heterocycles. The monoisotopic (exact) mass is 211 g/mol. The van der Waals surface area contributed by atoms with Crippen molar-refractivity contribution in [2.75, 3.05) is 0 Å². The highest BCUT2D eigenvalue weighted by molar-refractivity contribution is 5.54. The molecule has 2 nitrogen and oxygen atoms in total. The number of nitrogens with zero attached hydrogens (tertiary/aromatic N) is 2. The number of benzene rings is 1. The predicted molar refractivity (Wildman–Crippen MR) is 65.8 cm³/mol. The number of aromatic nitrogens is 2. The van der Waals surface area contributed by atoms with Gasteiger partial charge in [-0.05, 0) is 24.5 Å². The second kappa shape index (κ2) is 5.40. The van der Waals surface area contributed by atoms with Crippen LogP contribution in [-0.4, -0.2) is 9.97 Å². The first kappa shape index (κ1) is 10.8. The Morgan fingerprint density at radius 2 is 1.69 bits per heavy atom. The van der Waals surface area contributed by atoms with E-state index < -0.39 is 0 Å². The number of hydrogen-bond acceptors (Lipinski definition) is 2. The molecule has 2 aromatic rings. The Morgan fingerprint density at radius 3 is 2.31 bits per heavy atom. The van der Waals surface area contributed by atoms with Gasteiger partial charge < -0.3 is 0 Å². The lowest BCUT2D eigenvalue weighted by atomic mass is 10.1. The molecule has 0 atom stereocenters. The molecule has 0 aliphatic carbocycles. The predicted octanol–water partition coefficient (Wildman–Crippen LogP) is 3.30. The standard InChI is InChI=1S/C14H15N2/c1-2-3-5-12-6-8-13(9-7-12)14-15-10-4-11-16-14/h4,6-11H,1-3,5H2. The minimum atomic E-state index is 0.784. The van der Waals surface area contributed by atoms with Gasteiger partial charge in [-0.1, -0.05) is 37.6 Å². The Bertz CT molecular complexity index is 420. The Morgan fingerprint density at radius 1 is 1.00 bits per heavy atom. The number of aryl methyl sites for hydroxylation is 1. The minimum absolute atomic E-state index is 0.784. The Balaban J connectivity index is 2.13. The summed E-state index contributed by atoms with van der Waals surface area (Å²) < 4.78 is 0. The molecule has 2 heteroatoms. The highest BCUT2D eigenvalue weighted by atomic mass is 14.8. The van der Waals surface area contributed by atoms with E-state index in [0.717, 1.165) is 30.7 Å². The van der Waals surface area contributed by atoms with Crippen molar-refractivity contribution < 1.29 is 0 Å². The van der Waals surface area contributed by atoms with E-state index in [1.54, 1.807) is 12.4 Å². The number of rotatable bonds is 4. The van der Waals surface area contributed by atoms with Gasteiger partial charge in [0.1, 0.15) is 0 Å². The highest BCUT2D eigenvalue weighted by Gasteiger charge is 1.99. The van der Waals surface area contributed by atoms with E-state index in [4.69, 9.17) is 0 Å². The SMILES string of the molecule is [CH2]CCCc1ccc(-c2ncccn2)cc1. The summed E-state index contributed by atoms with van der Waals surface area (Å²) in [5.41, 5.74) is 2.42. The zero-order valence-corrected chi connectivity index (χ0v) is 9.26. The van der Waals surface area contributed by atoms with Crippen LogP contribution in [0.5, 0.6) is 0 Å². The van der Waals surface area contributed by atoms with Crippen molar-refractivity contribution in [2.45, 2.75) is 19.3 Å². The molecule has 1 heterocycles. The summed E-state index contributed by atoms with van der Waals surface area (Å²) in [4.78, 5) is 8.44. The summed E-state index contributed by atoms with van der Waals surface area (Å²) in [6.45, 7) is 3.85. The van der Waals surface area contributed by atoms with E-state index in [1.165, 1.54) is 5.56 Å². The van der Waals surface area contributed by atoms with E-state index in [0.29, 0.717) is 0 Å². The first-order valence-electron chi connectivity index (χ1n) is 5.56. The molecule has 2 rings (SSSR count). The first-order chi connectivity index (χ1) is 7.90. The lowest BCUT2D eigenvalue weighted by Crippen LogP contribution is -1.88. The second-order valence-electron chi connectivity index (χ2n) is 3.73. The summed E-state index contributed by atoms with van der Waals surface area (Å²) in [5.74, 6) is 0.784. The lowest BCUT2D eigenvalue weighted by molar-refractivity contribution is 0.841. The van der Waals surface area contributed by atoms with Crippen molar-refractivity contribution in [3.8, 4) is 11.4 Å². The molecule has 1 aromatic heterocycles. The van der Waals surface area contributed by atoms with Crippen LogP contribution in [0.2, 0.25) is 0 Å². The molecule has 0 saturated heterocycles. The third kappa shape index (κ3) is 2.66. The van der Waals surface area contributed by atoms with Crippen LogP contribution in [0.1, 0.15) is 18.4 Å². The fourth-order valence-electron chi connectivity index (χ4n) is 1.60. The zero-order valence-electron chi connectivity index (χ0n) is 9.26. The molecule has 0 bridgehead atoms. The molecule has 81 valence electrons. The molecule has 0 amide bonds. The fraction of sp³-hybridized carbons (Fsp3) is 0.214. The normalized spacial score (nSPS) is 10.3. The van der Waals surface area contributed by atoms with Crippen molar-refractivity contribution in [1.29, 1.82) is 0 Å². The summed E-state index contributed by atoms with van der Waals surface area (Å²) in [6.07, 6.45) is 6.75. The second-order valence-corrected chi connectivity index (χ2v) is 3.73. The van der Waals surface area contributed by atoms with Gasteiger partial charge in [0.05, 0.1) is 0 Å². The van der Waals surface area contributed by atoms with Crippen molar-refractivity contribution in [3.05, 3.63) is 55.2 Å². The molecular formula is C14H15N2. The first-order valence-corrected chi connectivity index (χ1v) is 5.56. The molecule has 0 unspecified atom stereocenters. The molecular weight excluding hydrogens is 196 g/mol. The van der Waals surface area contributed by atoms with Crippen LogP contribution in [0.15, 0.2) is 42.7 Å². The van der Waals surface area contributed by atoms with Gasteiger partial charge in [0, 0.05) is 18.0 Å². The maximum atomic E-state index is 4.22. The third-order valence-corrected chi connectivity index (χ3v) is 2.49. The Labute approximate surface area is 96.4 Å². The topological polar surface area (TPSA) is 25.8 Å². The fourth-order valence-corrected chi connectivity index (χ4v) is 1.60. The number of hydrogen-bond donors (Lipinski definition) is 0. The van der Waals surface area contributed by atoms with Crippen molar-refractivity contribution in [3.63, 3.8) is 0 Å². The van der Waals surface area contributed by atoms with Gasteiger partial charge in [-0.15, -0.1) is 0 Å². The van der Waals surface area contributed by atoms with E-state index in [-0.39, 0.29) is 0 Å². The van der Waals surface area contributed by atoms with E-state index in [1.807, 2.05) is 6.07 Å². The van der Waals surface area contributed by atoms with E-state index >= 15 is 0 Å². The summed E-state index contributed by atoms with van der Waals surface area (Å²) in [5, 5.41) is 0. The molecule has 1 aromatic carbocycles. The Hall–Kier alpha value is -1.70. The van der Waals surface area contributed by atoms with Crippen molar-refractivity contribution >= 4 is 0 Å². The van der Waals surface area contributed by atoms with Gasteiger partial charge in [0.2, 0.25) is 0 Å². The summed E-state index contributed by atoms with van der Waals surface area (Å²) in [7, 11) is 0. The average molecular weight is 211 g/mol. The van der Waals surface area contributed by atoms with Gasteiger partial charge in [-0.2, -0.15) is 0 Å². The van der Waals surface area contributed by atoms with E-state index in [9.17, 15) is 0 Å². The van der Waals surface area contributed by atoms with Crippen LogP contribution >= 0.6 is 0 Å². The summed E-state index contributed by atoms with van der Waals surface area (Å²) in [6, 6.07) is 10.3. The van der Waals surface area contributed by atoms with Gasteiger partial charge >= 0.3 is 0 Å².